The van der Waals surface area contributed by atoms with Crippen LogP contribution in [0.1, 0.15) is 12.5 Å². The summed E-state index contributed by atoms with van der Waals surface area (Å²) in [5.41, 5.74) is 0.797. The molecule has 2 N–H and O–H groups in total. The van der Waals surface area contributed by atoms with Crippen molar-refractivity contribution >= 4 is 27.3 Å². The minimum Gasteiger partial charge on any atom is -0.495 e. The Hall–Kier alpha value is -2.61. The Morgan fingerprint density at radius 3 is 2.46 bits per heavy atom. The minimum absolute atomic E-state index is 0.0752. The van der Waals surface area contributed by atoms with Crippen LogP contribution in [0.15, 0.2) is 41.3 Å². The van der Waals surface area contributed by atoms with E-state index in [1.807, 2.05) is 0 Å². The highest BCUT2D eigenvalue weighted by molar-refractivity contribution is 7.92. The van der Waals surface area contributed by atoms with Gasteiger partial charge >= 0.3 is 0 Å². The highest BCUT2D eigenvalue weighted by Gasteiger charge is 2.21. The summed E-state index contributed by atoms with van der Waals surface area (Å²) in [6, 6.07) is 8.08. The lowest BCUT2D eigenvalue weighted by molar-refractivity contribution is -0.114. The smallest absolute Gasteiger partial charge is 0.265 e. The van der Waals surface area contributed by atoms with Crippen LogP contribution in [-0.2, 0) is 14.8 Å². The molecule has 0 saturated carbocycles. The maximum absolute atomic E-state index is 13.5. The van der Waals surface area contributed by atoms with Crippen molar-refractivity contribution in [2.45, 2.75) is 18.7 Å². The number of sulfonamides is 1. The molecule has 0 atom stereocenters. The zero-order valence-electron chi connectivity index (χ0n) is 13.4. The van der Waals surface area contributed by atoms with Gasteiger partial charge in [0.25, 0.3) is 10.0 Å². The van der Waals surface area contributed by atoms with Crippen molar-refractivity contribution in [1.29, 1.82) is 0 Å². The normalized spacial score (nSPS) is 11.0. The van der Waals surface area contributed by atoms with Crippen LogP contribution in [0.2, 0.25) is 0 Å². The summed E-state index contributed by atoms with van der Waals surface area (Å²) in [6.45, 7) is 3.01. The molecule has 0 aliphatic rings. The Labute approximate surface area is 139 Å². The van der Waals surface area contributed by atoms with Crippen LogP contribution in [0.3, 0.4) is 0 Å². The zero-order valence-corrected chi connectivity index (χ0v) is 14.2. The van der Waals surface area contributed by atoms with Gasteiger partial charge in [0.1, 0.15) is 16.5 Å². The molecule has 6 nitrogen and oxygen atoms in total. The molecular formula is C16H17FN2O4S. The van der Waals surface area contributed by atoms with Crippen LogP contribution in [0.25, 0.3) is 0 Å². The van der Waals surface area contributed by atoms with Crippen molar-refractivity contribution in [2.75, 3.05) is 17.1 Å². The summed E-state index contributed by atoms with van der Waals surface area (Å²) in [5.74, 6) is -0.890. The van der Waals surface area contributed by atoms with Gasteiger partial charge in [-0.2, -0.15) is 0 Å². The van der Waals surface area contributed by atoms with Crippen LogP contribution >= 0.6 is 0 Å². The molecular weight excluding hydrogens is 335 g/mol. The van der Waals surface area contributed by atoms with Crippen LogP contribution in [0, 0.1) is 12.7 Å². The fraction of sp³-hybridized carbons (Fsp3) is 0.188. The topological polar surface area (TPSA) is 84.5 Å². The standard InChI is InChI=1S/C16H17FN2O4S/c1-10-4-7-15(23-3)16(8-10)24(21,22)19-14-9-12(17)5-6-13(14)18-11(2)20/h4-9,19H,1-3H3,(H,18,20). The predicted molar refractivity (Wildman–Crippen MR) is 89.2 cm³/mol. The summed E-state index contributed by atoms with van der Waals surface area (Å²) >= 11 is 0. The highest BCUT2D eigenvalue weighted by Crippen LogP contribution is 2.30. The first-order valence-corrected chi connectivity index (χ1v) is 8.46. The van der Waals surface area contributed by atoms with Gasteiger partial charge in [-0.05, 0) is 36.8 Å². The largest absolute Gasteiger partial charge is 0.495 e. The molecule has 128 valence electrons. The first kappa shape index (κ1) is 17.7. The molecule has 0 fully saturated rings. The minimum atomic E-state index is -4.05. The third-order valence-corrected chi connectivity index (χ3v) is 4.53. The van der Waals surface area contributed by atoms with E-state index < -0.39 is 21.7 Å². The van der Waals surface area contributed by atoms with Gasteiger partial charge in [-0.15, -0.1) is 0 Å². The van der Waals surface area contributed by atoms with E-state index in [9.17, 15) is 17.6 Å². The van der Waals surface area contributed by atoms with Gasteiger partial charge in [-0.3, -0.25) is 9.52 Å². The number of anilines is 2. The molecule has 0 unspecified atom stereocenters. The van der Waals surface area contributed by atoms with E-state index in [2.05, 4.69) is 10.0 Å². The van der Waals surface area contributed by atoms with E-state index in [4.69, 9.17) is 4.74 Å². The second-order valence-corrected chi connectivity index (χ2v) is 6.78. The van der Waals surface area contributed by atoms with E-state index in [-0.39, 0.29) is 22.0 Å². The second-order valence-electron chi connectivity index (χ2n) is 5.13. The number of hydrogen-bond acceptors (Lipinski definition) is 4. The van der Waals surface area contributed by atoms with Crippen molar-refractivity contribution in [3.63, 3.8) is 0 Å². The number of ether oxygens (including phenoxy) is 1. The van der Waals surface area contributed by atoms with Crippen LogP contribution in [0.4, 0.5) is 15.8 Å². The Kier molecular flexibility index (Phi) is 5.08. The molecule has 0 saturated heterocycles. The Morgan fingerprint density at radius 1 is 1.12 bits per heavy atom. The van der Waals surface area contributed by atoms with Gasteiger partial charge in [0.2, 0.25) is 5.91 Å². The number of rotatable bonds is 5. The molecule has 0 aliphatic heterocycles. The molecule has 2 rings (SSSR count). The Balaban J connectivity index is 2.48. The average Bonchev–Trinajstić information content (AvgIpc) is 2.49. The number of carbonyl (C=O) groups is 1. The van der Waals surface area contributed by atoms with Crippen molar-refractivity contribution in [1.82, 2.24) is 0 Å². The maximum atomic E-state index is 13.5. The van der Waals surface area contributed by atoms with Gasteiger partial charge < -0.3 is 10.1 Å². The first-order valence-electron chi connectivity index (χ1n) is 6.97. The first-order chi connectivity index (χ1) is 11.2. The summed E-state index contributed by atoms with van der Waals surface area (Å²) in [5, 5.41) is 2.45. The summed E-state index contributed by atoms with van der Waals surface area (Å²) in [4.78, 5) is 11.1. The lowest BCUT2D eigenvalue weighted by Gasteiger charge is -2.15. The van der Waals surface area contributed by atoms with Crippen LogP contribution in [-0.4, -0.2) is 21.4 Å². The van der Waals surface area contributed by atoms with Crippen molar-refractivity contribution in [2.24, 2.45) is 0 Å². The Morgan fingerprint density at radius 2 is 1.83 bits per heavy atom. The van der Waals surface area contributed by atoms with Gasteiger partial charge in [-0.1, -0.05) is 6.07 Å². The van der Waals surface area contributed by atoms with E-state index in [0.717, 1.165) is 17.7 Å². The average molecular weight is 352 g/mol. The molecule has 1 amide bonds. The van der Waals surface area contributed by atoms with Gasteiger partial charge in [0.05, 0.1) is 18.5 Å². The van der Waals surface area contributed by atoms with Gasteiger partial charge in [0, 0.05) is 13.0 Å². The molecule has 0 spiro atoms. The molecule has 0 radical (unpaired) electrons. The Bertz CT molecular complexity index is 882. The number of hydrogen-bond donors (Lipinski definition) is 2. The quantitative estimate of drug-likeness (QED) is 0.866. The number of amides is 1. The fourth-order valence-corrected chi connectivity index (χ4v) is 3.42. The van der Waals surface area contributed by atoms with Crippen molar-refractivity contribution in [3.8, 4) is 5.75 Å². The molecule has 0 aliphatic carbocycles. The third-order valence-electron chi connectivity index (χ3n) is 3.15. The number of methoxy groups -OCH3 is 1. The number of nitrogens with one attached hydrogen (secondary N) is 2. The SMILES string of the molecule is COc1ccc(C)cc1S(=O)(=O)Nc1cc(F)ccc1NC(C)=O. The molecule has 8 heteroatoms. The second kappa shape index (κ2) is 6.88. The molecule has 2 aromatic rings. The van der Waals surface area contributed by atoms with E-state index in [0.29, 0.717) is 0 Å². The molecule has 0 aromatic heterocycles. The predicted octanol–water partition coefficient (Wildman–Crippen LogP) is 2.90. The van der Waals surface area contributed by atoms with Gasteiger partial charge in [0.15, 0.2) is 0 Å². The van der Waals surface area contributed by atoms with E-state index in [1.54, 1.807) is 13.0 Å². The highest BCUT2D eigenvalue weighted by atomic mass is 32.2. The fourth-order valence-electron chi connectivity index (χ4n) is 2.09. The van der Waals surface area contributed by atoms with Gasteiger partial charge in [-0.25, -0.2) is 12.8 Å². The monoisotopic (exact) mass is 352 g/mol. The van der Waals surface area contributed by atoms with Crippen LogP contribution < -0.4 is 14.8 Å². The molecule has 0 heterocycles. The third kappa shape index (κ3) is 4.02. The number of carbonyl (C=O) groups excluding carboxylic acids is 1. The number of halogens is 1. The summed E-state index contributed by atoms with van der Waals surface area (Å²) < 4.78 is 46.2. The van der Waals surface area contributed by atoms with E-state index >= 15 is 0 Å². The molecule has 0 bridgehead atoms. The van der Waals surface area contributed by atoms with Crippen molar-refractivity contribution in [3.05, 3.63) is 47.8 Å². The van der Waals surface area contributed by atoms with E-state index in [1.165, 1.54) is 32.2 Å². The lowest BCUT2D eigenvalue weighted by atomic mass is 10.2. The zero-order chi connectivity index (χ0) is 17.9. The maximum Gasteiger partial charge on any atom is 0.265 e. The number of benzene rings is 2. The number of aryl methyl sites for hydroxylation is 1. The molecule has 24 heavy (non-hydrogen) atoms. The summed E-state index contributed by atoms with van der Waals surface area (Å²) in [7, 11) is -2.69. The van der Waals surface area contributed by atoms with Crippen LogP contribution in [0.5, 0.6) is 5.75 Å². The lowest BCUT2D eigenvalue weighted by Crippen LogP contribution is -2.17. The summed E-state index contributed by atoms with van der Waals surface area (Å²) in [6.07, 6.45) is 0. The van der Waals surface area contributed by atoms with Crippen molar-refractivity contribution < 1.29 is 22.3 Å². The molecule has 2 aromatic carbocycles.